The van der Waals surface area contributed by atoms with Crippen LogP contribution in [0.2, 0.25) is 0 Å². The van der Waals surface area contributed by atoms with Crippen molar-refractivity contribution in [3.63, 3.8) is 0 Å². The number of hydrogen-bond acceptors (Lipinski definition) is 4. The van der Waals surface area contributed by atoms with Gasteiger partial charge in [-0.2, -0.15) is 13.2 Å². The Morgan fingerprint density at radius 1 is 1.24 bits per heavy atom. The zero-order chi connectivity index (χ0) is 18.4. The third kappa shape index (κ3) is 3.67. The minimum Gasteiger partial charge on any atom is -0.440 e. The summed E-state index contributed by atoms with van der Waals surface area (Å²) in [6.07, 6.45) is -2.51. The Bertz CT molecular complexity index is 755. The van der Waals surface area contributed by atoms with E-state index >= 15 is 0 Å². The molecular formula is C18H23F3N2O2. The van der Waals surface area contributed by atoms with Gasteiger partial charge < -0.3 is 14.8 Å². The minimum atomic E-state index is -4.52. The van der Waals surface area contributed by atoms with Crippen LogP contribution in [-0.2, 0) is 6.18 Å². The number of aliphatic hydroxyl groups excluding tert-OH is 1. The SMILES string of the molecule is CC(C)c1nc2cc(C(C)N[C@@H]3CCC[C@@H]3O)cc(C(F)(F)F)c2o1. The number of rotatable bonds is 4. The van der Waals surface area contributed by atoms with Crippen LogP contribution in [0.5, 0.6) is 0 Å². The summed E-state index contributed by atoms with van der Waals surface area (Å²) in [6, 6.07) is 2.33. The van der Waals surface area contributed by atoms with Crippen molar-refractivity contribution in [1.29, 1.82) is 0 Å². The standard InChI is InChI=1S/C18H23F3N2O2/c1-9(2)17-23-14-8-11(7-12(16(14)25-17)18(19,20)21)10(3)22-13-5-4-6-15(13)24/h7-10,13,15,22,24H,4-6H2,1-3H3/t10?,13-,15+/m1/s1. The van der Waals surface area contributed by atoms with Crippen molar-refractivity contribution in [2.24, 2.45) is 0 Å². The molecule has 7 heteroatoms. The lowest BCUT2D eigenvalue weighted by Crippen LogP contribution is -2.37. The van der Waals surface area contributed by atoms with Crippen LogP contribution in [0.3, 0.4) is 0 Å². The van der Waals surface area contributed by atoms with E-state index < -0.39 is 17.8 Å². The van der Waals surface area contributed by atoms with Crippen molar-refractivity contribution in [3.8, 4) is 0 Å². The zero-order valence-electron chi connectivity index (χ0n) is 14.5. The molecule has 2 N–H and O–H groups in total. The lowest BCUT2D eigenvalue weighted by atomic mass is 10.0. The highest BCUT2D eigenvalue weighted by Gasteiger charge is 2.36. The van der Waals surface area contributed by atoms with E-state index in [-0.39, 0.29) is 29.1 Å². The van der Waals surface area contributed by atoms with E-state index in [2.05, 4.69) is 10.3 Å². The molecule has 1 heterocycles. The van der Waals surface area contributed by atoms with Crippen LogP contribution in [0.15, 0.2) is 16.5 Å². The Morgan fingerprint density at radius 3 is 2.52 bits per heavy atom. The molecule has 2 aromatic rings. The first-order valence-electron chi connectivity index (χ1n) is 8.62. The Labute approximate surface area is 144 Å². The van der Waals surface area contributed by atoms with Gasteiger partial charge in [0.15, 0.2) is 11.5 Å². The number of nitrogens with zero attached hydrogens (tertiary/aromatic N) is 1. The second-order valence-electron chi connectivity index (χ2n) is 7.11. The van der Waals surface area contributed by atoms with Crippen LogP contribution in [0.4, 0.5) is 13.2 Å². The first-order valence-corrected chi connectivity index (χ1v) is 8.62. The van der Waals surface area contributed by atoms with E-state index in [4.69, 9.17) is 4.42 Å². The highest BCUT2D eigenvalue weighted by molar-refractivity contribution is 5.78. The molecule has 1 unspecified atom stereocenters. The van der Waals surface area contributed by atoms with E-state index in [1.807, 2.05) is 13.8 Å². The first-order chi connectivity index (χ1) is 11.7. The minimum absolute atomic E-state index is 0.0939. The second-order valence-corrected chi connectivity index (χ2v) is 7.11. The molecule has 0 saturated heterocycles. The molecule has 1 aromatic heterocycles. The Kier molecular flexibility index (Phi) is 4.81. The van der Waals surface area contributed by atoms with Crippen molar-refractivity contribution in [2.75, 3.05) is 0 Å². The van der Waals surface area contributed by atoms with Crippen LogP contribution >= 0.6 is 0 Å². The van der Waals surface area contributed by atoms with Gasteiger partial charge in [0, 0.05) is 18.0 Å². The number of aliphatic hydroxyl groups is 1. The number of halogens is 3. The molecule has 138 valence electrons. The van der Waals surface area contributed by atoms with Gasteiger partial charge in [-0.15, -0.1) is 0 Å². The molecule has 3 rings (SSSR count). The summed E-state index contributed by atoms with van der Waals surface area (Å²) in [4.78, 5) is 4.23. The molecule has 25 heavy (non-hydrogen) atoms. The molecule has 1 aliphatic carbocycles. The summed E-state index contributed by atoms with van der Waals surface area (Å²) >= 11 is 0. The van der Waals surface area contributed by atoms with Crippen LogP contribution in [0.1, 0.15) is 69.0 Å². The smallest absolute Gasteiger partial charge is 0.420 e. The van der Waals surface area contributed by atoms with Crippen LogP contribution in [0.25, 0.3) is 11.1 Å². The highest BCUT2D eigenvalue weighted by atomic mass is 19.4. The molecule has 1 aliphatic rings. The first kappa shape index (κ1) is 18.2. The van der Waals surface area contributed by atoms with Gasteiger partial charge in [0.1, 0.15) is 11.1 Å². The van der Waals surface area contributed by atoms with Gasteiger partial charge in [-0.05, 0) is 43.9 Å². The van der Waals surface area contributed by atoms with E-state index in [1.54, 1.807) is 13.0 Å². The summed E-state index contributed by atoms with van der Waals surface area (Å²) < 4.78 is 45.9. The van der Waals surface area contributed by atoms with Crippen molar-refractivity contribution in [2.45, 2.75) is 70.3 Å². The fraction of sp³-hybridized carbons (Fsp3) is 0.611. The van der Waals surface area contributed by atoms with E-state index in [1.165, 1.54) is 0 Å². The third-order valence-electron chi connectivity index (χ3n) is 4.77. The van der Waals surface area contributed by atoms with Crippen molar-refractivity contribution in [1.82, 2.24) is 10.3 Å². The topological polar surface area (TPSA) is 58.3 Å². The molecule has 1 saturated carbocycles. The number of benzene rings is 1. The van der Waals surface area contributed by atoms with Gasteiger partial charge in [-0.3, -0.25) is 0 Å². The number of aromatic nitrogens is 1. The summed E-state index contributed by atoms with van der Waals surface area (Å²) in [6.45, 7) is 5.45. The maximum Gasteiger partial charge on any atom is 0.420 e. The monoisotopic (exact) mass is 356 g/mol. The van der Waals surface area contributed by atoms with Gasteiger partial charge in [-0.25, -0.2) is 4.98 Å². The fourth-order valence-corrected chi connectivity index (χ4v) is 3.33. The van der Waals surface area contributed by atoms with Crippen LogP contribution < -0.4 is 5.32 Å². The van der Waals surface area contributed by atoms with Gasteiger partial charge in [0.25, 0.3) is 0 Å². The quantitative estimate of drug-likeness (QED) is 0.845. The molecule has 0 amide bonds. The van der Waals surface area contributed by atoms with E-state index in [9.17, 15) is 18.3 Å². The van der Waals surface area contributed by atoms with Gasteiger partial charge in [0.2, 0.25) is 0 Å². The molecular weight excluding hydrogens is 333 g/mol. The number of fused-ring (bicyclic) bond motifs is 1. The molecule has 0 radical (unpaired) electrons. The fourth-order valence-electron chi connectivity index (χ4n) is 3.33. The van der Waals surface area contributed by atoms with Crippen molar-refractivity contribution >= 4 is 11.1 Å². The molecule has 4 nitrogen and oxygen atoms in total. The van der Waals surface area contributed by atoms with E-state index in [0.717, 1.165) is 25.3 Å². The zero-order valence-corrected chi connectivity index (χ0v) is 14.5. The predicted molar refractivity (Wildman–Crippen MR) is 88.3 cm³/mol. The molecule has 3 atom stereocenters. The highest BCUT2D eigenvalue weighted by Crippen LogP contribution is 2.38. The van der Waals surface area contributed by atoms with Crippen LogP contribution in [-0.4, -0.2) is 22.2 Å². The molecule has 1 fully saturated rings. The number of alkyl halides is 3. The average molecular weight is 356 g/mol. The normalized spacial score (nSPS) is 22.9. The summed E-state index contributed by atoms with van der Waals surface area (Å²) in [5, 5.41) is 13.2. The van der Waals surface area contributed by atoms with Crippen molar-refractivity contribution < 1.29 is 22.7 Å². The average Bonchev–Trinajstić information content (AvgIpc) is 3.11. The molecule has 0 aliphatic heterocycles. The Balaban J connectivity index is 2.00. The summed E-state index contributed by atoms with van der Waals surface area (Å²) in [7, 11) is 0. The Morgan fingerprint density at radius 2 is 1.96 bits per heavy atom. The third-order valence-corrected chi connectivity index (χ3v) is 4.77. The summed E-state index contributed by atoms with van der Waals surface area (Å²) in [5.74, 6) is 0.200. The van der Waals surface area contributed by atoms with E-state index in [0.29, 0.717) is 11.5 Å². The number of nitrogens with one attached hydrogen (secondary N) is 1. The maximum absolute atomic E-state index is 13.5. The maximum atomic E-state index is 13.5. The van der Waals surface area contributed by atoms with Gasteiger partial charge in [0.05, 0.1) is 6.10 Å². The largest absolute Gasteiger partial charge is 0.440 e. The van der Waals surface area contributed by atoms with Gasteiger partial charge >= 0.3 is 6.18 Å². The lowest BCUT2D eigenvalue weighted by molar-refractivity contribution is -0.136. The molecule has 1 aromatic carbocycles. The lowest BCUT2D eigenvalue weighted by Gasteiger charge is -2.23. The predicted octanol–water partition coefficient (Wildman–Crippen LogP) is 4.53. The number of hydrogen-bond donors (Lipinski definition) is 2. The molecule has 0 bridgehead atoms. The second kappa shape index (κ2) is 6.61. The van der Waals surface area contributed by atoms with Crippen LogP contribution in [0, 0.1) is 0 Å². The molecule has 0 spiro atoms. The number of oxazole rings is 1. The Hall–Kier alpha value is -1.60. The summed E-state index contributed by atoms with van der Waals surface area (Å²) in [5.41, 5.74) is -0.315. The van der Waals surface area contributed by atoms with Crippen molar-refractivity contribution in [3.05, 3.63) is 29.2 Å². The van der Waals surface area contributed by atoms with Gasteiger partial charge in [-0.1, -0.05) is 13.8 Å².